The molecule has 0 unspecified atom stereocenters. The van der Waals surface area contributed by atoms with Gasteiger partial charge in [0.05, 0.1) is 11.3 Å². The molecule has 0 radical (unpaired) electrons. The van der Waals surface area contributed by atoms with Crippen LogP contribution in [-0.4, -0.2) is 15.9 Å². The summed E-state index contributed by atoms with van der Waals surface area (Å²) in [5, 5.41) is 2.89. The van der Waals surface area contributed by atoms with E-state index in [4.69, 9.17) is 0 Å². The van der Waals surface area contributed by atoms with E-state index in [1.165, 1.54) is 18.3 Å². The first-order valence-electron chi connectivity index (χ1n) is 7.92. The van der Waals surface area contributed by atoms with E-state index in [9.17, 15) is 9.18 Å². The average molecular weight is 335 g/mol. The van der Waals surface area contributed by atoms with Gasteiger partial charge in [0, 0.05) is 17.4 Å². The van der Waals surface area contributed by atoms with Crippen molar-refractivity contribution in [3.63, 3.8) is 0 Å². The van der Waals surface area contributed by atoms with Crippen molar-refractivity contribution in [2.45, 2.75) is 20.8 Å². The SMILES string of the molecule is Cc1ccc(NC(=O)c2cnc(-c3ccc(F)cc3)nc2C)c(C)c1. The van der Waals surface area contributed by atoms with Crippen molar-refractivity contribution in [1.29, 1.82) is 0 Å². The van der Waals surface area contributed by atoms with Gasteiger partial charge >= 0.3 is 0 Å². The van der Waals surface area contributed by atoms with Crippen LogP contribution in [0.5, 0.6) is 0 Å². The summed E-state index contributed by atoms with van der Waals surface area (Å²) in [6, 6.07) is 11.8. The van der Waals surface area contributed by atoms with Gasteiger partial charge in [-0.15, -0.1) is 0 Å². The van der Waals surface area contributed by atoms with E-state index in [1.807, 2.05) is 32.0 Å². The smallest absolute Gasteiger partial charge is 0.259 e. The van der Waals surface area contributed by atoms with Gasteiger partial charge in [0.2, 0.25) is 0 Å². The zero-order valence-corrected chi connectivity index (χ0v) is 14.3. The molecule has 0 aliphatic rings. The molecule has 1 heterocycles. The molecule has 3 aromatic rings. The van der Waals surface area contributed by atoms with E-state index in [2.05, 4.69) is 15.3 Å². The number of anilines is 1. The Labute approximate surface area is 145 Å². The zero-order chi connectivity index (χ0) is 18.0. The van der Waals surface area contributed by atoms with Crippen LogP contribution < -0.4 is 5.32 Å². The van der Waals surface area contributed by atoms with Gasteiger partial charge in [-0.25, -0.2) is 14.4 Å². The average Bonchev–Trinajstić information content (AvgIpc) is 2.58. The number of amides is 1. The number of carbonyl (C=O) groups is 1. The number of aromatic nitrogens is 2. The Morgan fingerprint density at radius 1 is 1.04 bits per heavy atom. The van der Waals surface area contributed by atoms with E-state index in [0.29, 0.717) is 22.6 Å². The highest BCUT2D eigenvalue weighted by Gasteiger charge is 2.14. The normalized spacial score (nSPS) is 10.6. The summed E-state index contributed by atoms with van der Waals surface area (Å²) in [6.45, 7) is 5.71. The van der Waals surface area contributed by atoms with Crippen molar-refractivity contribution in [3.05, 3.63) is 76.9 Å². The van der Waals surface area contributed by atoms with Crippen molar-refractivity contribution in [3.8, 4) is 11.4 Å². The molecular weight excluding hydrogens is 317 g/mol. The molecule has 0 saturated carbocycles. The van der Waals surface area contributed by atoms with Crippen LogP contribution in [0, 0.1) is 26.6 Å². The molecule has 4 nitrogen and oxygen atoms in total. The number of hydrogen-bond acceptors (Lipinski definition) is 3. The largest absolute Gasteiger partial charge is 0.322 e. The standard InChI is InChI=1S/C20H18FN3O/c1-12-4-9-18(13(2)10-12)24-20(25)17-11-22-19(23-14(17)3)15-5-7-16(21)8-6-15/h4-11H,1-3H3,(H,24,25). The minimum absolute atomic E-state index is 0.255. The van der Waals surface area contributed by atoms with Crippen LogP contribution in [-0.2, 0) is 0 Å². The Kier molecular flexibility index (Phi) is 4.57. The quantitative estimate of drug-likeness (QED) is 0.769. The topological polar surface area (TPSA) is 54.9 Å². The summed E-state index contributed by atoms with van der Waals surface area (Å²) in [7, 11) is 0. The third-order valence-corrected chi connectivity index (χ3v) is 3.96. The van der Waals surface area contributed by atoms with E-state index >= 15 is 0 Å². The van der Waals surface area contributed by atoms with Gasteiger partial charge in [-0.3, -0.25) is 4.79 Å². The summed E-state index contributed by atoms with van der Waals surface area (Å²) >= 11 is 0. The second-order valence-corrected chi connectivity index (χ2v) is 5.97. The van der Waals surface area contributed by atoms with Crippen molar-refractivity contribution in [2.24, 2.45) is 0 Å². The van der Waals surface area contributed by atoms with Crippen molar-refractivity contribution in [2.75, 3.05) is 5.32 Å². The predicted molar refractivity (Wildman–Crippen MR) is 96.0 cm³/mol. The first kappa shape index (κ1) is 16.8. The first-order valence-corrected chi connectivity index (χ1v) is 7.92. The Balaban J connectivity index is 1.85. The van der Waals surface area contributed by atoms with Gasteiger partial charge in [-0.2, -0.15) is 0 Å². The lowest BCUT2D eigenvalue weighted by Gasteiger charge is -2.11. The summed E-state index contributed by atoms with van der Waals surface area (Å²) < 4.78 is 13.0. The van der Waals surface area contributed by atoms with E-state index in [1.54, 1.807) is 19.1 Å². The molecule has 0 aliphatic heterocycles. The van der Waals surface area contributed by atoms with Crippen molar-refractivity contribution >= 4 is 11.6 Å². The second-order valence-electron chi connectivity index (χ2n) is 5.97. The maximum Gasteiger partial charge on any atom is 0.259 e. The number of benzene rings is 2. The van der Waals surface area contributed by atoms with Crippen LogP contribution in [0.1, 0.15) is 27.2 Å². The molecule has 0 spiro atoms. The maximum absolute atomic E-state index is 13.0. The summed E-state index contributed by atoms with van der Waals surface area (Å²) in [5.41, 5.74) is 4.57. The van der Waals surface area contributed by atoms with Crippen molar-refractivity contribution in [1.82, 2.24) is 9.97 Å². The van der Waals surface area contributed by atoms with Gasteiger partial charge in [0.25, 0.3) is 5.91 Å². The molecule has 0 atom stereocenters. The molecule has 126 valence electrons. The van der Waals surface area contributed by atoms with Gasteiger partial charge < -0.3 is 5.32 Å². The number of nitrogens with zero attached hydrogens (tertiary/aromatic N) is 2. The highest BCUT2D eigenvalue weighted by Crippen LogP contribution is 2.19. The molecule has 25 heavy (non-hydrogen) atoms. The fourth-order valence-electron chi connectivity index (χ4n) is 2.57. The molecule has 1 N–H and O–H groups in total. The summed E-state index contributed by atoms with van der Waals surface area (Å²) in [4.78, 5) is 21.1. The summed E-state index contributed by atoms with van der Waals surface area (Å²) in [5.74, 6) is -0.111. The second kappa shape index (κ2) is 6.81. The molecule has 3 rings (SSSR count). The molecule has 5 heteroatoms. The fraction of sp³-hybridized carbons (Fsp3) is 0.150. The molecular formula is C20H18FN3O. The monoisotopic (exact) mass is 335 g/mol. The number of carbonyl (C=O) groups excluding carboxylic acids is 1. The van der Waals surface area contributed by atoms with Crippen LogP contribution >= 0.6 is 0 Å². The molecule has 1 aromatic heterocycles. The molecule has 0 bridgehead atoms. The number of aryl methyl sites for hydroxylation is 3. The zero-order valence-electron chi connectivity index (χ0n) is 14.3. The number of nitrogens with one attached hydrogen (secondary N) is 1. The first-order chi connectivity index (χ1) is 11.9. The van der Waals surface area contributed by atoms with Gasteiger partial charge in [-0.05, 0) is 56.7 Å². The lowest BCUT2D eigenvalue weighted by molar-refractivity contribution is 0.102. The molecule has 0 aliphatic carbocycles. The van der Waals surface area contributed by atoms with Crippen LogP contribution in [0.15, 0.2) is 48.7 Å². The van der Waals surface area contributed by atoms with Gasteiger partial charge in [-0.1, -0.05) is 17.7 Å². The number of hydrogen-bond donors (Lipinski definition) is 1. The Morgan fingerprint density at radius 3 is 2.40 bits per heavy atom. The molecule has 0 fully saturated rings. The highest BCUT2D eigenvalue weighted by molar-refractivity contribution is 6.05. The highest BCUT2D eigenvalue weighted by atomic mass is 19.1. The van der Waals surface area contributed by atoms with Crippen molar-refractivity contribution < 1.29 is 9.18 Å². The van der Waals surface area contributed by atoms with E-state index < -0.39 is 0 Å². The minimum Gasteiger partial charge on any atom is -0.322 e. The van der Waals surface area contributed by atoms with E-state index in [0.717, 1.165) is 16.8 Å². The Bertz CT molecular complexity index is 936. The Hall–Kier alpha value is -3.08. The fourth-order valence-corrected chi connectivity index (χ4v) is 2.57. The van der Waals surface area contributed by atoms with Crippen LogP contribution in [0.3, 0.4) is 0 Å². The Morgan fingerprint density at radius 2 is 1.76 bits per heavy atom. The maximum atomic E-state index is 13.0. The van der Waals surface area contributed by atoms with Gasteiger partial charge in [0.15, 0.2) is 5.82 Å². The summed E-state index contributed by atoms with van der Waals surface area (Å²) in [6.07, 6.45) is 1.50. The lowest BCUT2D eigenvalue weighted by atomic mass is 10.1. The third-order valence-electron chi connectivity index (χ3n) is 3.96. The number of rotatable bonds is 3. The van der Waals surface area contributed by atoms with Gasteiger partial charge in [0.1, 0.15) is 5.82 Å². The molecule has 0 saturated heterocycles. The van der Waals surface area contributed by atoms with Crippen LogP contribution in [0.25, 0.3) is 11.4 Å². The van der Waals surface area contributed by atoms with Crippen LogP contribution in [0.2, 0.25) is 0 Å². The predicted octanol–water partition coefficient (Wildman–Crippen LogP) is 4.46. The molecule has 1 amide bonds. The van der Waals surface area contributed by atoms with E-state index in [-0.39, 0.29) is 11.7 Å². The lowest BCUT2D eigenvalue weighted by Crippen LogP contribution is -2.15. The third kappa shape index (κ3) is 3.71. The molecule has 2 aromatic carbocycles. The number of halogens is 1. The minimum atomic E-state index is -0.315. The van der Waals surface area contributed by atoms with Crippen LogP contribution in [0.4, 0.5) is 10.1 Å².